The number of hydrogen-bond donors (Lipinski definition) is 0. The van der Waals surface area contributed by atoms with E-state index in [2.05, 4.69) is 22.6 Å². The van der Waals surface area contributed by atoms with Gasteiger partial charge in [0.15, 0.2) is 0 Å². The average molecular weight is 338 g/mol. The van der Waals surface area contributed by atoms with Crippen molar-refractivity contribution >= 4 is 22.6 Å². The highest BCUT2D eigenvalue weighted by Crippen LogP contribution is 2.22. The van der Waals surface area contributed by atoms with Crippen LogP contribution in [0.25, 0.3) is 0 Å². The van der Waals surface area contributed by atoms with Crippen LogP contribution in [-0.4, -0.2) is 24.2 Å². The van der Waals surface area contributed by atoms with Crippen LogP contribution in [-0.2, 0) is 9.47 Å². The normalized spacial score (nSPS) is 14.8. The number of rotatable bonds is 6. The lowest BCUT2D eigenvalue weighted by Gasteiger charge is -2.20. The largest absolute Gasteiger partial charge is 0.382 e. The smallest absolute Gasteiger partial charge is 0.123 e. The molecule has 2 unspecified atom stereocenters. The predicted octanol–water partition coefficient (Wildman–Crippen LogP) is 3.35. The SMILES string of the molecule is COCC(C)OC(CI)c1cccc(F)c1. The Morgan fingerprint density at radius 1 is 1.44 bits per heavy atom. The molecule has 2 nitrogen and oxygen atoms in total. The van der Waals surface area contributed by atoms with Gasteiger partial charge in [0.25, 0.3) is 0 Å². The van der Waals surface area contributed by atoms with Crippen molar-refractivity contribution in [2.24, 2.45) is 0 Å². The molecule has 0 saturated carbocycles. The van der Waals surface area contributed by atoms with E-state index in [1.165, 1.54) is 12.1 Å². The van der Waals surface area contributed by atoms with Crippen LogP contribution in [0.5, 0.6) is 0 Å². The minimum Gasteiger partial charge on any atom is -0.382 e. The maximum atomic E-state index is 13.1. The fourth-order valence-corrected chi connectivity index (χ4v) is 2.18. The molecular weight excluding hydrogens is 322 g/mol. The molecule has 0 radical (unpaired) electrons. The molecule has 0 aliphatic rings. The molecule has 2 atom stereocenters. The molecule has 1 aromatic rings. The molecule has 0 aliphatic carbocycles. The van der Waals surface area contributed by atoms with E-state index in [9.17, 15) is 4.39 Å². The first kappa shape index (κ1) is 13.9. The van der Waals surface area contributed by atoms with Crippen molar-refractivity contribution in [2.75, 3.05) is 18.1 Å². The predicted molar refractivity (Wildman–Crippen MR) is 70.5 cm³/mol. The monoisotopic (exact) mass is 338 g/mol. The van der Waals surface area contributed by atoms with E-state index in [1.807, 2.05) is 13.0 Å². The Balaban J connectivity index is 2.67. The number of ether oxygens (including phenoxy) is 2. The van der Waals surface area contributed by atoms with Crippen LogP contribution in [0.4, 0.5) is 4.39 Å². The number of halogens is 2. The third-order valence-electron chi connectivity index (χ3n) is 2.16. The first-order valence-electron chi connectivity index (χ1n) is 5.13. The summed E-state index contributed by atoms with van der Waals surface area (Å²) in [6.45, 7) is 2.49. The summed E-state index contributed by atoms with van der Waals surface area (Å²) < 4.78 is 24.6. The lowest BCUT2D eigenvalue weighted by Crippen LogP contribution is -2.19. The Labute approximate surface area is 109 Å². The van der Waals surface area contributed by atoms with Gasteiger partial charge in [0.05, 0.1) is 18.8 Å². The summed E-state index contributed by atoms with van der Waals surface area (Å²) in [5.74, 6) is -0.227. The Hall–Kier alpha value is -0.200. The summed E-state index contributed by atoms with van der Waals surface area (Å²) >= 11 is 2.24. The molecule has 0 amide bonds. The van der Waals surface area contributed by atoms with Crippen LogP contribution in [0, 0.1) is 5.82 Å². The maximum absolute atomic E-state index is 13.1. The number of alkyl halides is 1. The van der Waals surface area contributed by atoms with Gasteiger partial charge < -0.3 is 9.47 Å². The molecule has 16 heavy (non-hydrogen) atoms. The average Bonchev–Trinajstić information content (AvgIpc) is 2.26. The molecule has 0 N–H and O–H groups in total. The molecule has 0 bridgehead atoms. The Kier molecular flexibility index (Phi) is 6.23. The highest BCUT2D eigenvalue weighted by Gasteiger charge is 2.14. The molecule has 0 heterocycles. The van der Waals surface area contributed by atoms with Gasteiger partial charge in [-0.25, -0.2) is 4.39 Å². The second-order valence-corrected chi connectivity index (χ2v) is 4.48. The molecular formula is C12H16FIO2. The minimum absolute atomic E-state index is 0.00744. The summed E-state index contributed by atoms with van der Waals surface area (Å²) in [5, 5.41) is 0. The van der Waals surface area contributed by atoms with Crippen LogP contribution >= 0.6 is 22.6 Å². The van der Waals surface area contributed by atoms with Gasteiger partial charge in [0.1, 0.15) is 5.82 Å². The zero-order chi connectivity index (χ0) is 12.0. The van der Waals surface area contributed by atoms with Gasteiger partial charge >= 0.3 is 0 Å². The van der Waals surface area contributed by atoms with Gasteiger partial charge in [-0.2, -0.15) is 0 Å². The fourth-order valence-electron chi connectivity index (χ4n) is 1.47. The first-order chi connectivity index (χ1) is 7.67. The second kappa shape index (κ2) is 7.19. The standard InChI is InChI=1S/C12H16FIO2/c1-9(8-15-2)16-12(7-14)10-4-3-5-11(13)6-10/h3-6,9,12H,7-8H2,1-2H3. The number of benzene rings is 1. The van der Waals surface area contributed by atoms with Gasteiger partial charge in [-0.3, -0.25) is 0 Å². The molecule has 1 aromatic carbocycles. The molecule has 0 fully saturated rings. The zero-order valence-corrected chi connectivity index (χ0v) is 11.6. The van der Waals surface area contributed by atoms with Crippen molar-refractivity contribution in [1.82, 2.24) is 0 Å². The third kappa shape index (κ3) is 4.35. The minimum atomic E-state index is -0.227. The van der Waals surface area contributed by atoms with Gasteiger partial charge in [0, 0.05) is 11.5 Å². The van der Waals surface area contributed by atoms with E-state index in [4.69, 9.17) is 9.47 Å². The zero-order valence-electron chi connectivity index (χ0n) is 9.45. The lowest BCUT2D eigenvalue weighted by molar-refractivity contribution is -0.0292. The molecule has 1 rings (SSSR count). The van der Waals surface area contributed by atoms with Gasteiger partial charge in [-0.15, -0.1) is 0 Å². The van der Waals surface area contributed by atoms with Crippen LogP contribution in [0.3, 0.4) is 0 Å². The van der Waals surface area contributed by atoms with Crippen LogP contribution in [0.1, 0.15) is 18.6 Å². The van der Waals surface area contributed by atoms with Gasteiger partial charge in [0.2, 0.25) is 0 Å². The quantitative estimate of drug-likeness (QED) is 0.585. The number of hydrogen-bond acceptors (Lipinski definition) is 2. The van der Waals surface area contributed by atoms with E-state index < -0.39 is 0 Å². The fraction of sp³-hybridized carbons (Fsp3) is 0.500. The van der Waals surface area contributed by atoms with E-state index in [-0.39, 0.29) is 18.0 Å². The van der Waals surface area contributed by atoms with Crippen molar-refractivity contribution in [1.29, 1.82) is 0 Å². The Morgan fingerprint density at radius 2 is 2.19 bits per heavy atom. The van der Waals surface area contributed by atoms with E-state index in [0.29, 0.717) is 6.61 Å². The summed E-state index contributed by atoms with van der Waals surface area (Å²) in [4.78, 5) is 0. The van der Waals surface area contributed by atoms with Crippen molar-refractivity contribution in [2.45, 2.75) is 19.1 Å². The number of methoxy groups -OCH3 is 1. The topological polar surface area (TPSA) is 18.5 Å². The molecule has 0 aliphatic heterocycles. The van der Waals surface area contributed by atoms with Crippen LogP contribution < -0.4 is 0 Å². The molecule has 90 valence electrons. The second-order valence-electron chi connectivity index (χ2n) is 3.60. The van der Waals surface area contributed by atoms with Crippen molar-refractivity contribution in [3.05, 3.63) is 35.6 Å². The van der Waals surface area contributed by atoms with E-state index in [1.54, 1.807) is 13.2 Å². The summed E-state index contributed by atoms with van der Waals surface area (Å²) in [7, 11) is 1.64. The van der Waals surface area contributed by atoms with E-state index >= 15 is 0 Å². The maximum Gasteiger partial charge on any atom is 0.123 e. The van der Waals surface area contributed by atoms with E-state index in [0.717, 1.165) is 9.99 Å². The van der Waals surface area contributed by atoms with Gasteiger partial charge in [-0.05, 0) is 24.6 Å². The van der Waals surface area contributed by atoms with Crippen molar-refractivity contribution < 1.29 is 13.9 Å². The molecule has 0 saturated heterocycles. The summed E-state index contributed by atoms with van der Waals surface area (Å²) in [6, 6.07) is 6.54. The highest BCUT2D eigenvalue weighted by atomic mass is 127. The van der Waals surface area contributed by atoms with Crippen LogP contribution in [0.2, 0.25) is 0 Å². The lowest BCUT2D eigenvalue weighted by atomic mass is 10.1. The molecule has 4 heteroatoms. The van der Waals surface area contributed by atoms with Gasteiger partial charge in [-0.1, -0.05) is 34.7 Å². The third-order valence-corrected chi connectivity index (χ3v) is 2.96. The summed E-state index contributed by atoms with van der Waals surface area (Å²) in [5.41, 5.74) is 0.873. The molecule has 0 spiro atoms. The first-order valence-corrected chi connectivity index (χ1v) is 6.65. The Morgan fingerprint density at radius 3 is 2.75 bits per heavy atom. The highest BCUT2D eigenvalue weighted by molar-refractivity contribution is 14.1. The summed E-state index contributed by atoms with van der Waals surface area (Å²) in [6.07, 6.45) is -0.0746. The Bertz CT molecular complexity index is 320. The van der Waals surface area contributed by atoms with Crippen molar-refractivity contribution in [3.63, 3.8) is 0 Å². The molecule has 0 aromatic heterocycles. The van der Waals surface area contributed by atoms with Crippen molar-refractivity contribution in [3.8, 4) is 0 Å². The van der Waals surface area contributed by atoms with Crippen LogP contribution in [0.15, 0.2) is 24.3 Å².